The van der Waals surface area contributed by atoms with Crippen molar-refractivity contribution in [3.05, 3.63) is 64.4 Å². The molecule has 3 rings (SSSR count). The van der Waals surface area contributed by atoms with Gasteiger partial charge in [0.05, 0.1) is 18.2 Å². The fourth-order valence-electron chi connectivity index (χ4n) is 2.88. The zero-order valence-corrected chi connectivity index (χ0v) is 13.5. The van der Waals surface area contributed by atoms with E-state index in [9.17, 15) is 9.18 Å². The highest BCUT2D eigenvalue weighted by molar-refractivity contribution is 6.30. The third-order valence-corrected chi connectivity index (χ3v) is 4.63. The molecule has 1 amide bonds. The van der Waals surface area contributed by atoms with Gasteiger partial charge in [0.15, 0.2) is 0 Å². The molecular weight excluding hydrogens is 317 g/mol. The Balaban J connectivity index is 1.84. The van der Waals surface area contributed by atoms with Crippen LogP contribution in [0.3, 0.4) is 0 Å². The van der Waals surface area contributed by atoms with Crippen molar-refractivity contribution in [3.8, 4) is 5.75 Å². The summed E-state index contributed by atoms with van der Waals surface area (Å²) in [5.74, 6) is -0.623. The van der Waals surface area contributed by atoms with Crippen molar-refractivity contribution in [2.75, 3.05) is 7.11 Å². The summed E-state index contributed by atoms with van der Waals surface area (Å²) in [6, 6.07) is 11.7. The lowest BCUT2D eigenvalue weighted by Crippen LogP contribution is -2.50. The van der Waals surface area contributed by atoms with E-state index in [1.165, 1.54) is 19.2 Å². The highest BCUT2D eigenvalue weighted by Gasteiger charge is 2.40. The highest BCUT2D eigenvalue weighted by Crippen LogP contribution is 2.41. The SMILES string of the molecule is COc1ccc(C(=O)NC2(c3ccc(Cl)cc3)CCC2)c(F)c1. The third kappa shape index (κ3) is 3.04. The molecule has 0 atom stereocenters. The second kappa shape index (κ2) is 6.20. The molecule has 1 aliphatic carbocycles. The second-order valence-electron chi connectivity index (χ2n) is 5.74. The number of halogens is 2. The summed E-state index contributed by atoms with van der Waals surface area (Å²) in [4.78, 5) is 12.5. The summed E-state index contributed by atoms with van der Waals surface area (Å²) >= 11 is 5.93. The Bertz CT molecular complexity index is 726. The molecule has 1 N–H and O–H groups in total. The highest BCUT2D eigenvalue weighted by atomic mass is 35.5. The van der Waals surface area contributed by atoms with Crippen LogP contribution in [-0.2, 0) is 5.54 Å². The van der Waals surface area contributed by atoms with Crippen molar-refractivity contribution in [2.24, 2.45) is 0 Å². The fraction of sp³-hybridized carbons (Fsp3) is 0.278. The molecule has 0 radical (unpaired) electrons. The van der Waals surface area contributed by atoms with Gasteiger partial charge >= 0.3 is 0 Å². The van der Waals surface area contributed by atoms with Crippen LogP contribution in [0.4, 0.5) is 4.39 Å². The maximum absolute atomic E-state index is 14.1. The number of nitrogens with one attached hydrogen (secondary N) is 1. The zero-order valence-electron chi connectivity index (χ0n) is 12.7. The molecule has 2 aromatic carbocycles. The zero-order chi connectivity index (χ0) is 16.4. The number of hydrogen-bond acceptors (Lipinski definition) is 2. The van der Waals surface area contributed by atoms with Gasteiger partial charge in [0, 0.05) is 11.1 Å². The van der Waals surface area contributed by atoms with E-state index in [0.717, 1.165) is 24.8 Å². The Morgan fingerprint density at radius 2 is 1.91 bits per heavy atom. The molecule has 120 valence electrons. The van der Waals surface area contributed by atoms with Crippen LogP contribution >= 0.6 is 11.6 Å². The third-order valence-electron chi connectivity index (χ3n) is 4.38. The van der Waals surface area contributed by atoms with E-state index in [4.69, 9.17) is 16.3 Å². The van der Waals surface area contributed by atoms with Gasteiger partial charge in [0.2, 0.25) is 0 Å². The Morgan fingerprint density at radius 3 is 2.43 bits per heavy atom. The van der Waals surface area contributed by atoms with Crippen molar-refractivity contribution in [3.63, 3.8) is 0 Å². The average molecular weight is 334 g/mol. The molecule has 0 bridgehead atoms. The Hall–Kier alpha value is -2.07. The Morgan fingerprint density at radius 1 is 1.22 bits per heavy atom. The molecule has 1 saturated carbocycles. The minimum absolute atomic E-state index is 0.0195. The molecule has 3 nitrogen and oxygen atoms in total. The van der Waals surface area contributed by atoms with Gasteiger partial charge in [0.25, 0.3) is 5.91 Å². The minimum Gasteiger partial charge on any atom is -0.497 e. The normalized spacial score (nSPS) is 15.6. The second-order valence-corrected chi connectivity index (χ2v) is 6.18. The largest absolute Gasteiger partial charge is 0.497 e. The lowest BCUT2D eigenvalue weighted by atomic mass is 9.71. The Labute approximate surface area is 139 Å². The number of rotatable bonds is 4. The van der Waals surface area contributed by atoms with Gasteiger partial charge in [0.1, 0.15) is 11.6 Å². The van der Waals surface area contributed by atoms with E-state index >= 15 is 0 Å². The molecule has 2 aromatic rings. The number of hydrogen-bond donors (Lipinski definition) is 1. The summed E-state index contributed by atoms with van der Waals surface area (Å²) in [6.07, 6.45) is 2.68. The first kappa shape index (κ1) is 15.8. The maximum Gasteiger partial charge on any atom is 0.254 e. The summed E-state index contributed by atoms with van der Waals surface area (Å²) in [5, 5.41) is 3.65. The van der Waals surface area contributed by atoms with E-state index in [-0.39, 0.29) is 5.56 Å². The van der Waals surface area contributed by atoms with E-state index < -0.39 is 17.3 Å². The quantitative estimate of drug-likeness (QED) is 0.906. The summed E-state index contributed by atoms with van der Waals surface area (Å²) in [6.45, 7) is 0. The molecule has 1 aliphatic rings. The molecule has 0 aliphatic heterocycles. The molecule has 0 spiro atoms. The lowest BCUT2D eigenvalue weighted by molar-refractivity contribution is 0.0819. The average Bonchev–Trinajstić information content (AvgIpc) is 2.51. The number of methoxy groups -OCH3 is 1. The van der Waals surface area contributed by atoms with Gasteiger partial charge in [-0.1, -0.05) is 23.7 Å². The van der Waals surface area contributed by atoms with Gasteiger partial charge in [-0.2, -0.15) is 0 Å². The Kier molecular flexibility index (Phi) is 4.26. The van der Waals surface area contributed by atoms with Crippen LogP contribution < -0.4 is 10.1 Å². The predicted octanol–water partition coefficient (Wildman–Crippen LogP) is 4.30. The van der Waals surface area contributed by atoms with Crippen LogP contribution in [0.15, 0.2) is 42.5 Å². The van der Waals surface area contributed by atoms with E-state index in [1.54, 1.807) is 18.2 Å². The minimum atomic E-state index is -0.590. The number of amides is 1. The number of carbonyl (C=O) groups is 1. The van der Waals surface area contributed by atoms with Crippen molar-refractivity contribution >= 4 is 17.5 Å². The topological polar surface area (TPSA) is 38.3 Å². The van der Waals surface area contributed by atoms with Crippen LogP contribution in [0.2, 0.25) is 5.02 Å². The first-order chi connectivity index (χ1) is 11.0. The van der Waals surface area contributed by atoms with Gasteiger partial charge in [-0.15, -0.1) is 0 Å². The summed E-state index contributed by atoms with van der Waals surface area (Å²) in [5.41, 5.74) is 0.579. The summed E-state index contributed by atoms with van der Waals surface area (Å²) in [7, 11) is 1.46. The molecule has 0 heterocycles. The van der Waals surface area contributed by atoms with Crippen molar-refractivity contribution < 1.29 is 13.9 Å². The predicted molar refractivity (Wildman–Crippen MR) is 87.4 cm³/mol. The number of carbonyl (C=O) groups excluding carboxylic acids is 1. The molecule has 0 aromatic heterocycles. The van der Waals surface area contributed by atoms with E-state index in [2.05, 4.69) is 5.32 Å². The smallest absolute Gasteiger partial charge is 0.254 e. The van der Waals surface area contributed by atoms with Gasteiger partial charge in [-0.3, -0.25) is 4.79 Å². The molecule has 5 heteroatoms. The molecule has 23 heavy (non-hydrogen) atoms. The first-order valence-electron chi connectivity index (χ1n) is 7.46. The maximum atomic E-state index is 14.1. The van der Waals surface area contributed by atoms with Crippen molar-refractivity contribution in [1.29, 1.82) is 0 Å². The van der Waals surface area contributed by atoms with E-state index in [1.807, 2.05) is 12.1 Å². The summed E-state index contributed by atoms with van der Waals surface area (Å²) < 4.78 is 19.0. The number of ether oxygens (including phenoxy) is 1. The standard InChI is InChI=1S/C18H17ClFNO2/c1-23-14-7-8-15(16(20)11-14)17(22)21-18(9-2-10-18)12-3-5-13(19)6-4-12/h3-8,11H,2,9-10H2,1H3,(H,21,22). The van der Waals surface area contributed by atoms with Crippen molar-refractivity contribution in [2.45, 2.75) is 24.8 Å². The van der Waals surface area contributed by atoms with Gasteiger partial charge in [-0.05, 0) is 49.1 Å². The fourth-order valence-corrected chi connectivity index (χ4v) is 3.00. The van der Waals surface area contributed by atoms with Crippen LogP contribution in [-0.4, -0.2) is 13.0 Å². The first-order valence-corrected chi connectivity index (χ1v) is 7.84. The van der Waals surface area contributed by atoms with Gasteiger partial charge < -0.3 is 10.1 Å². The van der Waals surface area contributed by atoms with E-state index in [0.29, 0.717) is 10.8 Å². The van der Waals surface area contributed by atoms with Crippen LogP contribution in [0.25, 0.3) is 0 Å². The molecule has 0 unspecified atom stereocenters. The molecular formula is C18H17ClFNO2. The van der Waals surface area contributed by atoms with Crippen LogP contribution in [0.1, 0.15) is 35.2 Å². The van der Waals surface area contributed by atoms with Crippen LogP contribution in [0, 0.1) is 5.82 Å². The van der Waals surface area contributed by atoms with Gasteiger partial charge in [-0.25, -0.2) is 4.39 Å². The lowest BCUT2D eigenvalue weighted by Gasteiger charge is -2.43. The van der Waals surface area contributed by atoms with Crippen molar-refractivity contribution in [1.82, 2.24) is 5.32 Å². The number of benzene rings is 2. The molecule has 0 saturated heterocycles. The molecule has 1 fully saturated rings. The monoisotopic (exact) mass is 333 g/mol. The van der Waals surface area contributed by atoms with Crippen LogP contribution in [0.5, 0.6) is 5.75 Å².